The van der Waals surface area contributed by atoms with Gasteiger partial charge in [-0.3, -0.25) is 4.90 Å². The van der Waals surface area contributed by atoms with E-state index in [1.807, 2.05) is 18.2 Å². The molecule has 17 heavy (non-hydrogen) atoms. The highest BCUT2D eigenvalue weighted by Crippen LogP contribution is 2.28. The second kappa shape index (κ2) is 5.61. The van der Waals surface area contributed by atoms with Crippen LogP contribution in [0, 0.1) is 0 Å². The van der Waals surface area contributed by atoms with Crippen LogP contribution in [0.2, 0.25) is 0 Å². The summed E-state index contributed by atoms with van der Waals surface area (Å²) in [5.74, 6) is 0. The molecule has 0 saturated carbocycles. The molecular formula is C14H21FN2. The van der Waals surface area contributed by atoms with Crippen molar-refractivity contribution < 1.29 is 4.39 Å². The maximum absolute atomic E-state index is 13.1. The maximum atomic E-state index is 13.1. The maximum Gasteiger partial charge on any atom is 0.105 e. The highest BCUT2D eigenvalue weighted by atomic mass is 19.1. The quantitative estimate of drug-likeness (QED) is 0.873. The molecule has 2 nitrogen and oxygen atoms in total. The first-order valence-electron chi connectivity index (χ1n) is 6.34. The molecule has 0 unspecified atom stereocenters. The first-order valence-corrected chi connectivity index (χ1v) is 6.34. The van der Waals surface area contributed by atoms with Crippen molar-refractivity contribution in [3.8, 4) is 0 Å². The lowest BCUT2D eigenvalue weighted by molar-refractivity contribution is 0.0756. The van der Waals surface area contributed by atoms with Crippen LogP contribution in [0.4, 0.5) is 4.39 Å². The van der Waals surface area contributed by atoms with E-state index < -0.39 is 0 Å². The van der Waals surface area contributed by atoms with Gasteiger partial charge in [-0.25, -0.2) is 4.39 Å². The van der Waals surface area contributed by atoms with Crippen molar-refractivity contribution in [2.45, 2.75) is 37.9 Å². The molecule has 0 spiro atoms. The minimum atomic E-state index is -0.301. The van der Waals surface area contributed by atoms with Gasteiger partial charge in [0, 0.05) is 24.7 Å². The summed E-state index contributed by atoms with van der Waals surface area (Å²) >= 11 is 0. The SMILES string of the molecule is C[C@H](c1ccccc1)N1CC[C@H](N)C[C@H]1CF. The minimum absolute atomic E-state index is 0.0195. The van der Waals surface area contributed by atoms with Crippen LogP contribution < -0.4 is 5.73 Å². The van der Waals surface area contributed by atoms with Gasteiger partial charge in [-0.1, -0.05) is 30.3 Å². The molecule has 1 fully saturated rings. The zero-order chi connectivity index (χ0) is 12.3. The number of hydrogen-bond donors (Lipinski definition) is 1. The zero-order valence-electron chi connectivity index (χ0n) is 10.3. The van der Waals surface area contributed by atoms with Crippen molar-refractivity contribution >= 4 is 0 Å². The molecular weight excluding hydrogens is 215 g/mol. The number of piperidine rings is 1. The van der Waals surface area contributed by atoms with E-state index in [0.717, 1.165) is 19.4 Å². The number of nitrogens with zero attached hydrogens (tertiary/aromatic N) is 1. The van der Waals surface area contributed by atoms with E-state index in [1.165, 1.54) is 5.56 Å². The van der Waals surface area contributed by atoms with E-state index in [-0.39, 0.29) is 24.8 Å². The lowest BCUT2D eigenvalue weighted by Crippen LogP contribution is -2.48. The van der Waals surface area contributed by atoms with Crippen LogP contribution in [0.15, 0.2) is 30.3 Å². The Morgan fingerprint density at radius 1 is 1.41 bits per heavy atom. The van der Waals surface area contributed by atoms with Gasteiger partial charge < -0.3 is 5.73 Å². The summed E-state index contributed by atoms with van der Waals surface area (Å²) in [6.07, 6.45) is 1.74. The van der Waals surface area contributed by atoms with Gasteiger partial charge in [-0.05, 0) is 25.3 Å². The van der Waals surface area contributed by atoms with Crippen molar-refractivity contribution in [2.75, 3.05) is 13.2 Å². The van der Waals surface area contributed by atoms with Crippen LogP contribution in [0.3, 0.4) is 0 Å². The summed E-state index contributed by atoms with van der Waals surface area (Å²) in [7, 11) is 0. The first kappa shape index (κ1) is 12.5. The van der Waals surface area contributed by atoms with Crippen LogP contribution in [0.1, 0.15) is 31.4 Å². The fourth-order valence-electron chi connectivity index (χ4n) is 2.68. The standard InChI is InChI=1S/C14H21FN2/c1-11(12-5-3-2-4-6-12)17-8-7-13(16)9-14(17)10-15/h2-6,11,13-14H,7-10,16H2,1H3/t11-,13+,14+/m1/s1. The minimum Gasteiger partial charge on any atom is -0.328 e. The molecule has 3 heteroatoms. The topological polar surface area (TPSA) is 29.3 Å². The van der Waals surface area contributed by atoms with Crippen LogP contribution >= 0.6 is 0 Å². The third-order valence-corrected chi connectivity index (χ3v) is 3.76. The summed E-state index contributed by atoms with van der Waals surface area (Å²) in [5.41, 5.74) is 7.16. The van der Waals surface area contributed by atoms with Crippen molar-refractivity contribution in [1.82, 2.24) is 4.90 Å². The predicted molar refractivity (Wildman–Crippen MR) is 68.5 cm³/mol. The van der Waals surface area contributed by atoms with Crippen LogP contribution in [-0.4, -0.2) is 30.2 Å². The van der Waals surface area contributed by atoms with E-state index in [1.54, 1.807) is 0 Å². The summed E-state index contributed by atoms with van der Waals surface area (Å²) in [4.78, 5) is 2.25. The van der Waals surface area contributed by atoms with E-state index >= 15 is 0 Å². The van der Waals surface area contributed by atoms with Crippen molar-refractivity contribution in [3.05, 3.63) is 35.9 Å². The second-order valence-electron chi connectivity index (χ2n) is 4.92. The van der Waals surface area contributed by atoms with Crippen LogP contribution in [-0.2, 0) is 0 Å². The third-order valence-electron chi connectivity index (χ3n) is 3.76. The molecule has 0 radical (unpaired) electrons. The van der Waals surface area contributed by atoms with Gasteiger partial charge in [0.2, 0.25) is 0 Å². The molecule has 0 aliphatic carbocycles. The average Bonchev–Trinajstić information content (AvgIpc) is 2.39. The van der Waals surface area contributed by atoms with E-state index in [2.05, 4.69) is 24.0 Å². The molecule has 2 rings (SSSR count). The van der Waals surface area contributed by atoms with Gasteiger partial charge in [0.1, 0.15) is 6.67 Å². The summed E-state index contributed by atoms with van der Waals surface area (Å²) < 4.78 is 13.1. The van der Waals surface area contributed by atoms with Gasteiger partial charge >= 0.3 is 0 Å². The molecule has 94 valence electrons. The Bertz CT molecular complexity index is 341. The predicted octanol–water partition coefficient (Wildman–Crippen LogP) is 2.51. The highest BCUT2D eigenvalue weighted by Gasteiger charge is 2.30. The van der Waals surface area contributed by atoms with E-state index in [0.29, 0.717) is 0 Å². The number of likely N-dealkylation sites (tertiary alicyclic amines) is 1. The van der Waals surface area contributed by atoms with E-state index in [4.69, 9.17) is 5.73 Å². The van der Waals surface area contributed by atoms with Crippen LogP contribution in [0.25, 0.3) is 0 Å². The molecule has 1 aliphatic rings. The molecule has 1 saturated heterocycles. The number of rotatable bonds is 3. The molecule has 0 bridgehead atoms. The Hall–Kier alpha value is -0.930. The molecule has 1 aliphatic heterocycles. The highest BCUT2D eigenvalue weighted by molar-refractivity contribution is 5.18. The number of halogens is 1. The lowest BCUT2D eigenvalue weighted by Gasteiger charge is -2.41. The van der Waals surface area contributed by atoms with Crippen LogP contribution in [0.5, 0.6) is 0 Å². The van der Waals surface area contributed by atoms with E-state index in [9.17, 15) is 4.39 Å². The Balaban J connectivity index is 2.10. The summed E-state index contributed by atoms with van der Waals surface area (Å²) in [6, 6.07) is 10.7. The Morgan fingerprint density at radius 3 is 2.76 bits per heavy atom. The molecule has 3 atom stereocenters. The number of benzene rings is 1. The average molecular weight is 236 g/mol. The lowest BCUT2D eigenvalue weighted by atomic mass is 9.95. The number of nitrogens with two attached hydrogens (primary N) is 1. The fourth-order valence-corrected chi connectivity index (χ4v) is 2.68. The van der Waals surface area contributed by atoms with Gasteiger partial charge in [0.15, 0.2) is 0 Å². The summed E-state index contributed by atoms with van der Waals surface area (Å²) in [5, 5.41) is 0. The van der Waals surface area contributed by atoms with Crippen molar-refractivity contribution in [3.63, 3.8) is 0 Å². The molecule has 0 aromatic heterocycles. The normalized spacial score (nSPS) is 27.9. The smallest absolute Gasteiger partial charge is 0.105 e. The fraction of sp³-hybridized carbons (Fsp3) is 0.571. The van der Waals surface area contributed by atoms with Gasteiger partial charge in [-0.2, -0.15) is 0 Å². The number of hydrogen-bond acceptors (Lipinski definition) is 2. The molecule has 1 heterocycles. The third kappa shape index (κ3) is 2.85. The largest absolute Gasteiger partial charge is 0.328 e. The van der Waals surface area contributed by atoms with Gasteiger partial charge in [-0.15, -0.1) is 0 Å². The Morgan fingerprint density at radius 2 is 2.12 bits per heavy atom. The zero-order valence-corrected chi connectivity index (χ0v) is 10.3. The Kier molecular flexibility index (Phi) is 4.13. The monoisotopic (exact) mass is 236 g/mol. The molecule has 1 aromatic carbocycles. The first-order chi connectivity index (χ1) is 8.22. The van der Waals surface area contributed by atoms with Gasteiger partial charge in [0.25, 0.3) is 0 Å². The molecule has 0 amide bonds. The van der Waals surface area contributed by atoms with Gasteiger partial charge in [0.05, 0.1) is 0 Å². The summed E-state index contributed by atoms with van der Waals surface area (Å²) in [6.45, 7) is 2.74. The molecule has 1 aromatic rings. The Labute approximate surface area is 103 Å². The molecule has 2 N–H and O–H groups in total. The second-order valence-corrected chi connectivity index (χ2v) is 4.92. The van der Waals surface area contributed by atoms with Crippen molar-refractivity contribution in [1.29, 1.82) is 0 Å². The number of alkyl halides is 1. The van der Waals surface area contributed by atoms with Crippen molar-refractivity contribution in [2.24, 2.45) is 5.73 Å².